The van der Waals surface area contributed by atoms with Gasteiger partial charge in [0.05, 0.1) is 16.2 Å². The molecule has 1 saturated heterocycles. The van der Waals surface area contributed by atoms with E-state index in [0.29, 0.717) is 26.5 Å². The van der Waals surface area contributed by atoms with E-state index in [0.717, 1.165) is 12.1 Å². The second kappa shape index (κ2) is 10.3. The zero-order valence-corrected chi connectivity index (χ0v) is 20.9. The molecule has 14 heteroatoms. The highest BCUT2D eigenvalue weighted by atomic mass is 79.9. The highest BCUT2D eigenvalue weighted by Crippen LogP contribution is 2.39. The number of nitro groups is 1. The van der Waals surface area contributed by atoms with Crippen LogP contribution in [0, 0.1) is 10.1 Å². The standard InChI is InChI=1S/C24H12BrClF3N3O6/c25-14-2-8-19(38-20-7-1-13(24(27,28)29)11-18(20)32(36)37)12(9-14)10-17-21(33)30-23(35)31(22(17)34)16-5-3-15(26)4-6-16/h1-11H,(H,30,33,35)/b17-10+. The number of ether oxygens (including phenoxy) is 1. The summed E-state index contributed by atoms with van der Waals surface area (Å²) in [5, 5.41) is 13.8. The number of carbonyl (C=O) groups excluding carboxylic acids is 3. The van der Waals surface area contributed by atoms with Crippen LogP contribution in [0.2, 0.25) is 5.02 Å². The van der Waals surface area contributed by atoms with Crippen molar-refractivity contribution in [2.75, 3.05) is 4.90 Å². The molecule has 3 aromatic carbocycles. The zero-order valence-electron chi connectivity index (χ0n) is 18.6. The van der Waals surface area contributed by atoms with Gasteiger partial charge in [0.1, 0.15) is 11.3 Å². The summed E-state index contributed by atoms with van der Waals surface area (Å²) < 4.78 is 45.2. The van der Waals surface area contributed by atoms with Gasteiger partial charge in [0, 0.05) is 21.1 Å². The van der Waals surface area contributed by atoms with Crippen LogP contribution in [0.5, 0.6) is 11.5 Å². The summed E-state index contributed by atoms with van der Waals surface area (Å²) in [5.74, 6) is -2.63. The van der Waals surface area contributed by atoms with Crippen LogP contribution in [0.3, 0.4) is 0 Å². The Morgan fingerprint density at radius 3 is 2.29 bits per heavy atom. The zero-order chi connectivity index (χ0) is 27.8. The van der Waals surface area contributed by atoms with E-state index in [1.54, 1.807) is 0 Å². The van der Waals surface area contributed by atoms with Gasteiger partial charge in [-0.25, -0.2) is 9.69 Å². The van der Waals surface area contributed by atoms with Gasteiger partial charge in [-0.05, 0) is 60.7 Å². The van der Waals surface area contributed by atoms with Gasteiger partial charge < -0.3 is 4.74 Å². The van der Waals surface area contributed by atoms with E-state index in [2.05, 4.69) is 15.9 Å². The number of alkyl halides is 3. The summed E-state index contributed by atoms with van der Waals surface area (Å²) in [6.45, 7) is 0. The molecule has 194 valence electrons. The summed E-state index contributed by atoms with van der Waals surface area (Å²) >= 11 is 9.09. The highest BCUT2D eigenvalue weighted by molar-refractivity contribution is 9.10. The van der Waals surface area contributed by atoms with Crippen molar-refractivity contribution >= 4 is 62.8 Å². The molecule has 0 aliphatic carbocycles. The summed E-state index contributed by atoms with van der Waals surface area (Å²) in [6, 6.07) is 10.6. The van der Waals surface area contributed by atoms with Crippen LogP contribution in [0.25, 0.3) is 6.08 Å². The first kappa shape index (κ1) is 26.8. The fourth-order valence-electron chi connectivity index (χ4n) is 3.40. The van der Waals surface area contributed by atoms with Crippen LogP contribution >= 0.6 is 27.5 Å². The first-order chi connectivity index (χ1) is 17.8. The second-order valence-corrected chi connectivity index (χ2v) is 9.01. The maximum absolute atomic E-state index is 13.2. The minimum absolute atomic E-state index is 0.0532. The van der Waals surface area contributed by atoms with E-state index >= 15 is 0 Å². The van der Waals surface area contributed by atoms with Crippen LogP contribution in [0.1, 0.15) is 11.1 Å². The number of hydrogen-bond donors (Lipinski definition) is 1. The number of anilines is 1. The van der Waals surface area contributed by atoms with Crippen molar-refractivity contribution in [3.63, 3.8) is 0 Å². The third-order valence-corrected chi connectivity index (χ3v) is 5.91. The molecule has 9 nitrogen and oxygen atoms in total. The van der Waals surface area contributed by atoms with Gasteiger partial charge in [-0.15, -0.1) is 0 Å². The number of amides is 4. The third kappa shape index (κ3) is 5.53. The lowest BCUT2D eigenvalue weighted by atomic mass is 10.1. The molecule has 1 aliphatic rings. The molecule has 0 saturated carbocycles. The number of urea groups is 1. The van der Waals surface area contributed by atoms with Crippen LogP contribution in [-0.4, -0.2) is 22.8 Å². The molecule has 1 fully saturated rings. The van der Waals surface area contributed by atoms with Crippen LogP contribution in [0.4, 0.5) is 29.3 Å². The van der Waals surface area contributed by atoms with Gasteiger partial charge in [0.2, 0.25) is 5.75 Å². The number of halogens is 5. The SMILES string of the molecule is O=C1NC(=O)N(c2ccc(Cl)cc2)C(=O)/C1=C/c1cc(Br)ccc1Oc1ccc(C(F)(F)F)cc1[N+](=O)[O-]. The average Bonchev–Trinajstić information content (AvgIpc) is 2.83. The Morgan fingerprint density at radius 2 is 1.66 bits per heavy atom. The molecule has 4 rings (SSSR count). The van der Waals surface area contributed by atoms with E-state index in [1.165, 1.54) is 42.5 Å². The molecule has 0 spiro atoms. The number of imide groups is 2. The number of carbonyl (C=O) groups is 3. The van der Waals surface area contributed by atoms with Crippen molar-refractivity contribution in [3.05, 3.63) is 97.0 Å². The average molecular weight is 611 g/mol. The minimum atomic E-state index is -4.82. The Kier molecular flexibility index (Phi) is 7.24. The first-order valence-corrected chi connectivity index (χ1v) is 11.5. The molecule has 0 unspecified atom stereocenters. The molecular weight excluding hydrogens is 599 g/mol. The van der Waals surface area contributed by atoms with Gasteiger partial charge in [-0.2, -0.15) is 13.2 Å². The lowest BCUT2D eigenvalue weighted by molar-refractivity contribution is -0.385. The molecule has 0 atom stereocenters. The lowest BCUT2D eigenvalue weighted by Gasteiger charge is -2.26. The third-order valence-electron chi connectivity index (χ3n) is 5.16. The molecule has 4 amide bonds. The van der Waals surface area contributed by atoms with Crippen LogP contribution in [0.15, 0.2) is 70.7 Å². The monoisotopic (exact) mass is 609 g/mol. The molecule has 1 N–H and O–H groups in total. The van der Waals surface area contributed by atoms with E-state index in [1.807, 2.05) is 5.32 Å². The quantitative estimate of drug-likeness (QED) is 0.153. The van der Waals surface area contributed by atoms with Crippen LogP contribution in [-0.2, 0) is 15.8 Å². The molecule has 0 aromatic heterocycles. The predicted molar refractivity (Wildman–Crippen MR) is 133 cm³/mol. The summed E-state index contributed by atoms with van der Waals surface area (Å²) in [6.07, 6.45) is -3.73. The van der Waals surface area contributed by atoms with E-state index in [4.69, 9.17) is 16.3 Å². The Hall–Kier alpha value is -4.23. The fraction of sp³-hybridized carbons (Fsp3) is 0.0417. The number of rotatable bonds is 5. The summed E-state index contributed by atoms with van der Waals surface area (Å²) in [4.78, 5) is 49.2. The van der Waals surface area contributed by atoms with E-state index in [-0.39, 0.29) is 17.0 Å². The Bertz CT molecular complexity index is 1530. The predicted octanol–water partition coefficient (Wildman–Crippen LogP) is 6.49. The summed E-state index contributed by atoms with van der Waals surface area (Å²) in [5.41, 5.74) is -2.50. The topological polar surface area (TPSA) is 119 Å². The number of nitrogens with one attached hydrogen (secondary N) is 1. The van der Waals surface area contributed by atoms with Crippen molar-refractivity contribution in [1.29, 1.82) is 0 Å². The molecule has 0 radical (unpaired) electrons. The first-order valence-electron chi connectivity index (χ1n) is 10.3. The maximum Gasteiger partial charge on any atom is 0.416 e. The van der Waals surface area contributed by atoms with Gasteiger partial charge in [0.15, 0.2) is 0 Å². The van der Waals surface area contributed by atoms with Gasteiger partial charge in [-0.1, -0.05) is 27.5 Å². The van der Waals surface area contributed by atoms with Crippen molar-refractivity contribution in [3.8, 4) is 11.5 Å². The fourth-order valence-corrected chi connectivity index (χ4v) is 3.91. The van der Waals surface area contributed by atoms with Crippen molar-refractivity contribution < 1.29 is 37.2 Å². The molecule has 3 aromatic rings. The van der Waals surface area contributed by atoms with Crippen molar-refractivity contribution in [2.45, 2.75) is 6.18 Å². The van der Waals surface area contributed by atoms with Crippen LogP contribution < -0.4 is 15.0 Å². The molecular formula is C24H12BrClF3N3O6. The van der Waals surface area contributed by atoms with Gasteiger partial charge in [0.25, 0.3) is 11.8 Å². The Balaban J connectivity index is 1.76. The van der Waals surface area contributed by atoms with Crippen molar-refractivity contribution in [2.24, 2.45) is 0 Å². The lowest BCUT2D eigenvalue weighted by Crippen LogP contribution is -2.54. The molecule has 1 heterocycles. The number of nitro benzene ring substituents is 1. The maximum atomic E-state index is 13.2. The Labute approximate surface area is 224 Å². The normalized spacial score (nSPS) is 15.0. The smallest absolute Gasteiger partial charge is 0.416 e. The highest BCUT2D eigenvalue weighted by Gasteiger charge is 2.37. The molecule has 0 bridgehead atoms. The number of nitrogens with zero attached hydrogens (tertiary/aromatic N) is 2. The van der Waals surface area contributed by atoms with Gasteiger partial charge in [-0.3, -0.25) is 25.0 Å². The molecule has 38 heavy (non-hydrogen) atoms. The second-order valence-electron chi connectivity index (χ2n) is 7.66. The number of hydrogen-bond acceptors (Lipinski definition) is 6. The largest absolute Gasteiger partial charge is 0.449 e. The van der Waals surface area contributed by atoms with E-state index < -0.39 is 51.5 Å². The summed E-state index contributed by atoms with van der Waals surface area (Å²) in [7, 11) is 0. The Morgan fingerprint density at radius 1 is 1.00 bits per heavy atom. The number of barbiturate groups is 1. The molecule has 1 aliphatic heterocycles. The number of benzene rings is 3. The van der Waals surface area contributed by atoms with Gasteiger partial charge >= 0.3 is 17.9 Å². The van der Waals surface area contributed by atoms with E-state index in [9.17, 15) is 37.7 Å². The van der Waals surface area contributed by atoms with Crippen molar-refractivity contribution in [1.82, 2.24) is 5.32 Å². The minimum Gasteiger partial charge on any atom is -0.449 e.